The van der Waals surface area contributed by atoms with E-state index >= 15 is 0 Å². The molecule has 0 rings (SSSR count). The van der Waals surface area contributed by atoms with Gasteiger partial charge in [-0.3, -0.25) is 0 Å². The van der Waals surface area contributed by atoms with Crippen molar-refractivity contribution in [3.05, 3.63) is 0 Å². The normalized spacial score (nSPS) is 11.2. The van der Waals surface area contributed by atoms with E-state index in [-0.39, 0.29) is 0 Å². The summed E-state index contributed by atoms with van der Waals surface area (Å²) >= 11 is 0. The number of alkyl carbamates (subject to hydrolysis) is 1. The van der Waals surface area contributed by atoms with Crippen LogP contribution in [0.25, 0.3) is 0 Å². The van der Waals surface area contributed by atoms with Crippen molar-refractivity contribution in [2.24, 2.45) is 0 Å². The van der Waals surface area contributed by atoms with Crippen LogP contribution in [0.1, 0.15) is 13.3 Å². The van der Waals surface area contributed by atoms with E-state index in [1.807, 2.05) is 6.92 Å². The smallest absolute Gasteiger partial charge is 0.450 e. The second-order valence-electron chi connectivity index (χ2n) is 3.07. The van der Waals surface area contributed by atoms with Crippen LogP contribution in [0.4, 0.5) is 4.79 Å². The molecule has 0 atom stereocenters. The molecule has 0 aromatic rings. The topological polar surface area (TPSA) is 66.0 Å². The molecule has 0 unspecified atom stereocenters. The molecule has 7 heteroatoms. The lowest BCUT2D eigenvalue weighted by atomic mass is 10.5. The van der Waals surface area contributed by atoms with Crippen LogP contribution >= 0.6 is 0 Å². The monoisotopic (exact) mass is 251 g/mol. The molecule has 0 radical (unpaired) electrons. The minimum Gasteiger partial charge on any atom is -0.450 e. The van der Waals surface area contributed by atoms with Crippen molar-refractivity contribution in [3.63, 3.8) is 0 Å². The lowest BCUT2D eigenvalue weighted by molar-refractivity contribution is 0.115. The fraction of sp³-hybridized carbons (Fsp3) is 0.889. The summed E-state index contributed by atoms with van der Waals surface area (Å²) in [6.07, 6.45) is 0.251. The van der Waals surface area contributed by atoms with Crippen LogP contribution in [0.15, 0.2) is 0 Å². The Kier molecular flexibility index (Phi) is 8.17. The van der Waals surface area contributed by atoms with Gasteiger partial charge >= 0.3 is 14.9 Å². The third-order valence-corrected chi connectivity index (χ3v) is 4.95. The van der Waals surface area contributed by atoms with Crippen molar-refractivity contribution < 1.29 is 22.8 Å². The highest BCUT2D eigenvalue weighted by molar-refractivity contribution is 6.60. The first-order valence-corrected chi connectivity index (χ1v) is 7.13. The Labute approximate surface area is 97.6 Å². The van der Waals surface area contributed by atoms with E-state index in [1.54, 1.807) is 21.3 Å². The van der Waals surface area contributed by atoms with Crippen LogP contribution in [-0.4, -0.2) is 49.4 Å². The fourth-order valence-corrected chi connectivity index (χ4v) is 2.89. The maximum absolute atomic E-state index is 11.0. The van der Waals surface area contributed by atoms with Crippen LogP contribution in [0.2, 0.25) is 6.04 Å². The predicted molar refractivity (Wildman–Crippen MR) is 61.2 cm³/mol. The second kappa shape index (κ2) is 8.51. The molecule has 96 valence electrons. The summed E-state index contributed by atoms with van der Waals surface area (Å²) in [5.74, 6) is 0. The lowest BCUT2D eigenvalue weighted by Crippen LogP contribution is -2.42. The highest BCUT2D eigenvalue weighted by Crippen LogP contribution is 2.14. The Hall–Kier alpha value is -0.633. The molecule has 16 heavy (non-hydrogen) atoms. The number of nitrogens with one attached hydrogen (secondary N) is 1. The highest BCUT2D eigenvalue weighted by atomic mass is 28.4. The summed E-state index contributed by atoms with van der Waals surface area (Å²) in [7, 11) is 2.16. The van der Waals surface area contributed by atoms with Gasteiger partial charge in [0.2, 0.25) is 0 Å². The van der Waals surface area contributed by atoms with E-state index in [0.717, 1.165) is 0 Å². The molecule has 0 aliphatic rings. The molecular formula is C9H21NO5Si. The van der Waals surface area contributed by atoms with Gasteiger partial charge in [-0.15, -0.1) is 0 Å². The number of ether oxygens (including phenoxy) is 1. The first-order chi connectivity index (χ1) is 7.64. The van der Waals surface area contributed by atoms with Crippen LogP contribution in [0, 0.1) is 0 Å². The third-order valence-electron chi connectivity index (χ3n) is 2.11. The third kappa shape index (κ3) is 5.45. The van der Waals surface area contributed by atoms with Gasteiger partial charge in [-0.25, -0.2) is 4.79 Å². The van der Waals surface area contributed by atoms with E-state index in [0.29, 0.717) is 25.6 Å². The summed E-state index contributed by atoms with van der Waals surface area (Å²) in [5, 5.41) is 2.54. The van der Waals surface area contributed by atoms with Crippen molar-refractivity contribution >= 4 is 14.9 Å². The summed E-state index contributed by atoms with van der Waals surface area (Å²) in [5.41, 5.74) is 0. The number of hydrogen-bond donors (Lipinski definition) is 1. The molecule has 0 fully saturated rings. The molecule has 0 aliphatic heterocycles. The molecule has 0 aromatic carbocycles. The summed E-state index contributed by atoms with van der Waals surface area (Å²) < 4.78 is 20.6. The first-order valence-electron chi connectivity index (χ1n) is 5.20. The molecule has 1 N–H and O–H groups in total. The van der Waals surface area contributed by atoms with E-state index < -0.39 is 14.9 Å². The average molecular weight is 251 g/mol. The molecule has 0 heterocycles. The van der Waals surface area contributed by atoms with Crippen molar-refractivity contribution in [2.45, 2.75) is 19.4 Å². The zero-order valence-corrected chi connectivity index (χ0v) is 11.4. The van der Waals surface area contributed by atoms with E-state index in [2.05, 4.69) is 5.32 Å². The van der Waals surface area contributed by atoms with Crippen molar-refractivity contribution in [2.75, 3.05) is 34.5 Å². The van der Waals surface area contributed by atoms with Crippen LogP contribution in [-0.2, 0) is 18.0 Å². The maximum atomic E-state index is 11.0. The zero-order chi connectivity index (χ0) is 12.4. The predicted octanol–water partition coefficient (Wildman–Crippen LogP) is 1.00. The minimum absolute atomic E-state index is 0.330. The maximum Gasteiger partial charge on any atom is 0.500 e. The van der Waals surface area contributed by atoms with Gasteiger partial charge in [0.1, 0.15) is 0 Å². The Morgan fingerprint density at radius 2 is 1.75 bits per heavy atom. The number of carbonyl (C=O) groups excluding carboxylic acids is 1. The molecule has 0 aromatic heterocycles. The minimum atomic E-state index is -2.52. The van der Waals surface area contributed by atoms with E-state index in [4.69, 9.17) is 18.0 Å². The fourth-order valence-electron chi connectivity index (χ4n) is 1.21. The molecule has 0 bridgehead atoms. The summed E-state index contributed by atoms with van der Waals surface area (Å²) in [6, 6.07) is 0.621. The van der Waals surface area contributed by atoms with Crippen LogP contribution < -0.4 is 5.32 Å². The number of rotatable bonds is 8. The van der Waals surface area contributed by atoms with Gasteiger partial charge in [-0.05, 0) is 13.3 Å². The Morgan fingerprint density at radius 1 is 1.19 bits per heavy atom. The van der Waals surface area contributed by atoms with Crippen LogP contribution in [0.5, 0.6) is 0 Å². The SMILES string of the molecule is CCNC(=O)OCCC[Si](OC)(OC)OC. The molecule has 0 aliphatic carbocycles. The molecule has 6 nitrogen and oxygen atoms in total. The molecule has 0 spiro atoms. The Balaban J connectivity index is 3.74. The van der Waals surface area contributed by atoms with Gasteiger partial charge in [-0.1, -0.05) is 0 Å². The Morgan fingerprint density at radius 3 is 2.19 bits per heavy atom. The molecule has 0 saturated carbocycles. The quantitative estimate of drug-likeness (QED) is 0.515. The van der Waals surface area contributed by atoms with Gasteiger partial charge in [0.05, 0.1) is 6.61 Å². The largest absolute Gasteiger partial charge is 0.500 e. The molecule has 1 amide bonds. The average Bonchev–Trinajstić information content (AvgIpc) is 2.31. The zero-order valence-electron chi connectivity index (χ0n) is 10.4. The first kappa shape index (κ1) is 15.4. The van der Waals surface area contributed by atoms with Crippen molar-refractivity contribution in [1.82, 2.24) is 5.32 Å². The van der Waals surface area contributed by atoms with Crippen molar-refractivity contribution in [1.29, 1.82) is 0 Å². The summed E-state index contributed by atoms with van der Waals surface area (Å²) in [4.78, 5) is 11.0. The lowest BCUT2D eigenvalue weighted by Gasteiger charge is -2.24. The van der Waals surface area contributed by atoms with Gasteiger partial charge in [-0.2, -0.15) is 0 Å². The molecule has 0 saturated heterocycles. The highest BCUT2D eigenvalue weighted by Gasteiger charge is 2.36. The van der Waals surface area contributed by atoms with Gasteiger partial charge in [0.15, 0.2) is 0 Å². The van der Waals surface area contributed by atoms with Crippen molar-refractivity contribution in [3.8, 4) is 0 Å². The van der Waals surface area contributed by atoms with Gasteiger partial charge < -0.3 is 23.3 Å². The van der Waals surface area contributed by atoms with Gasteiger partial charge in [0.25, 0.3) is 0 Å². The standard InChI is InChI=1S/C9H21NO5Si/c1-5-10-9(11)15-7-6-8-16(12-2,13-3)14-4/h5-8H2,1-4H3,(H,10,11). The summed E-state index contributed by atoms with van der Waals surface area (Å²) in [6.45, 7) is 2.72. The van der Waals surface area contributed by atoms with Gasteiger partial charge in [0, 0.05) is 33.9 Å². The van der Waals surface area contributed by atoms with Crippen LogP contribution in [0.3, 0.4) is 0 Å². The number of hydrogen-bond acceptors (Lipinski definition) is 5. The number of carbonyl (C=O) groups is 1. The number of amides is 1. The second-order valence-corrected chi connectivity index (χ2v) is 6.16. The van der Waals surface area contributed by atoms with E-state index in [9.17, 15) is 4.79 Å². The Bertz CT molecular complexity index is 190. The van der Waals surface area contributed by atoms with E-state index in [1.165, 1.54) is 0 Å². The molecular weight excluding hydrogens is 230 g/mol.